The fourth-order valence-electron chi connectivity index (χ4n) is 2.06. The molecule has 0 spiro atoms. The number of nitrogens with one attached hydrogen (secondary N) is 1. The molecule has 0 radical (unpaired) electrons. The summed E-state index contributed by atoms with van der Waals surface area (Å²) in [4.78, 5) is 0. The van der Waals surface area contributed by atoms with E-state index in [1.807, 2.05) is 24.3 Å². The number of rotatable bonds is 2. The van der Waals surface area contributed by atoms with Crippen molar-refractivity contribution >= 4 is 0 Å². The third-order valence-electron chi connectivity index (χ3n) is 3.41. The van der Waals surface area contributed by atoms with Gasteiger partial charge in [0.25, 0.3) is 0 Å². The van der Waals surface area contributed by atoms with Crippen LogP contribution < -0.4 is 5.32 Å². The maximum atomic E-state index is 8.77. The Kier molecular flexibility index (Phi) is 3.46. The first kappa shape index (κ1) is 12.1. The Balaban J connectivity index is 2.14. The molecule has 1 N–H and O–H groups in total. The second kappa shape index (κ2) is 4.87. The standard InChI is InChI=1S/C14H18N2O/c1-3-14(2)10-16-9-13(17-14)12-6-4-11(8-15)5-7-12/h4-7,13,16H,3,9-10H2,1-2H3. The van der Waals surface area contributed by atoms with Crippen LogP contribution in [0.3, 0.4) is 0 Å². The fourth-order valence-corrected chi connectivity index (χ4v) is 2.06. The highest BCUT2D eigenvalue weighted by atomic mass is 16.5. The van der Waals surface area contributed by atoms with Crippen molar-refractivity contribution < 1.29 is 4.74 Å². The van der Waals surface area contributed by atoms with Crippen molar-refractivity contribution in [2.24, 2.45) is 0 Å². The summed E-state index contributed by atoms with van der Waals surface area (Å²) >= 11 is 0. The number of nitriles is 1. The van der Waals surface area contributed by atoms with E-state index in [1.165, 1.54) is 0 Å². The third kappa shape index (κ3) is 2.66. The quantitative estimate of drug-likeness (QED) is 0.848. The minimum Gasteiger partial charge on any atom is -0.365 e. The predicted octanol–water partition coefficient (Wildman–Crippen LogP) is 2.39. The molecule has 1 heterocycles. The number of hydrogen-bond acceptors (Lipinski definition) is 3. The molecule has 1 fully saturated rings. The van der Waals surface area contributed by atoms with Crippen molar-refractivity contribution in [3.8, 4) is 6.07 Å². The van der Waals surface area contributed by atoms with Gasteiger partial charge in [-0.3, -0.25) is 0 Å². The van der Waals surface area contributed by atoms with Crippen LogP contribution in [0.15, 0.2) is 24.3 Å². The average molecular weight is 230 g/mol. The van der Waals surface area contributed by atoms with Crippen LogP contribution in [0, 0.1) is 11.3 Å². The van der Waals surface area contributed by atoms with Gasteiger partial charge in [0.15, 0.2) is 0 Å². The van der Waals surface area contributed by atoms with Gasteiger partial charge in [0.1, 0.15) is 0 Å². The summed E-state index contributed by atoms with van der Waals surface area (Å²) in [6.07, 6.45) is 1.08. The molecule has 90 valence electrons. The Morgan fingerprint density at radius 2 is 2.18 bits per heavy atom. The summed E-state index contributed by atoms with van der Waals surface area (Å²) in [5, 5.41) is 12.2. The first-order valence-corrected chi connectivity index (χ1v) is 6.05. The van der Waals surface area contributed by atoms with E-state index < -0.39 is 0 Å². The monoisotopic (exact) mass is 230 g/mol. The smallest absolute Gasteiger partial charge is 0.0991 e. The van der Waals surface area contributed by atoms with Gasteiger partial charge in [0, 0.05) is 13.1 Å². The average Bonchev–Trinajstić information content (AvgIpc) is 2.39. The number of benzene rings is 1. The molecular formula is C14H18N2O. The van der Waals surface area contributed by atoms with Crippen LogP contribution in [0.5, 0.6) is 0 Å². The lowest BCUT2D eigenvalue weighted by Crippen LogP contribution is -2.48. The van der Waals surface area contributed by atoms with Crippen LogP contribution in [0.1, 0.15) is 37.5 Å². The van der Waals surface area contributed by atoms with Gasteiger partial charge in [-0.25, -0.2) is 0 Å². The number of hydrogen-bond donors (Lipinski definition) is 1. The first-order valence-electron chi connectivity index (χ1n) is 6.05. The lowest BCUT2D eigenvalue weighted by Gasteiger charge is -2.39. The number of morpholine rings is 1. The molecular weight excluding hydrogens is 212 g/mol. The molecule has 0 aliphatic carbocycles. The van der Waals surface area contributed by atoms with E-state index in [4.69, 9.17) is 10.00 Å². The maximum Gasteiger partial charge on any atom is 0.0991 e. The van der Waals surface area contributed by atoms with Crippen LogP contribution in [-0.4, -0.2) is 18.7 Å². The molecule has 1 saturated heterocycles. The zero-order chi connectivity index (χ0) is 12.3. The molecule has 0 amide bonds. The Morgan fingerprint density at radius 1 is 1.47 bits per heavy atom. The Hall–Kier alpha value is -1.37. The van der Waals surface area contributed by atoms with Crippen LogP contribution in [0.2, 0.25) is 0 Å². The van der Waals surface area contributed by atoms with Crippen LogP contribution >= 0.6 is 0 Å². The van der Waals surface area contributed by atoms with Crippen molar-refractivity contribution in [2.45, 2.75) is 32.0 Å². The SMILES string of the molecule is CCC1(C)CNCC(c2ccc(C#N)cc2)O1. The van der Waals surface area contributed by atoms with E-state index in [0.29, 0.717) is 5.56 Å². The first-order chi connectivity index (χ1) is 8.17. The van der Waals surface area contributed by atoms with Crippen molar-refractivity contribution in [1.82, 2.24) is 5.32 Å². The van der Waals surface area contributed by atoms with Crippen molar-refractivity contribution in [2.75, 3.05) is 13.1 Å². The van der Waals surface area contributed by atoms with Gasteiger partial charge < -0.3 is 10.1 Å². The fraction of sp³-hybridized carbons (Fsp3) is 0.500. The molecule has 1 aromatic rings. The van der Waals surface area contributed by atoms with Crippen LogP contribution in [0.25, 0.3) is 0 Å². The van der Waals surface area contributed by atoms with Gasteiger partial charge in [-0.05, 0) is 31.0 Å². The molecule has 1 aliphatic rings. The molecule has 0 saturated carbocycles. The number of nitrogens with zero attached hydrogens (tertiary/aromatic N) is 1. The third-order valence-corrected chi connectivity index (χ3v) is 3.41. The van der Waals surface area contributed by atoms with Gasteiger partial charge in [0.2, 0.25) is 0 Å². The normalized spacial score (nSPS) is 28.6. The van der Waals surface area contributed by atoms with Crippen molar-refractivity contribution in [3.63, 3.8) is 0 Å². The summed E-state index contributed by atoms with van der Waals surface area (Å²) in [5.74, 6) is 0. The lowest BCUT2D eigenvalue weighted by molar-refractivity contribution is -0.109. The van der Waals surface area contributed by atoms with Crippen LogP contribution in [0.4, 0.5) is 0 Å². The number of ether oxygens (including phenoxy) is 1. The predicted molar refractivity (Wildman–Crippen MR) is 66.5 cm³/mol. The highest BCUT2D eigenvalue weighted by Gasteiger charge is 2.31. The molecule has 3 nitrogen and oxygen atoms in total. The summed E-state index contributed by atoms with van der Waals surface area (Å²) in [5.41, 5.74) is 1.74. The van der Waals surface area contributed by atoms with E-state index in [-0.39, 0.29) is 11.7 Å². The van der Waals surface area contributed by atoms with E-state index in [1.54, 1.807) is 0 Å². The van der Waals surface area contributed by atoms with E-state index in [0.717, 1.165) is 25.1 Å². The minimum absolute atomic E-state index is 0.0847. The summed E-state index contributed by atoms with van der Waals surface area (Å²) in [6, 6.07) is 9.77. The zero-order valence-electron chi connectivity index (χ0n) is 10.4. The highest BCUT2D eigenvalue weighted by Crippen LogP contribution is 2.29. The molecule has 3 heteroatoms. The molecule has 2 unspecified atom stereocenters. The van der Waals surface area contributed by atoms with Crippen molar-refractivity contribution in [3.05, 3.63) is 35.4 Å². The lowest BCUT2D eigenvalue weighted by atomic mass is 9.98. The van der Waals surface area contributed by atoms with E-state index >= 15 is 0 Å². The molecule has 0 aromatic heterocycles. The highest BCUT2D eigenvalue weighted by molar-refractivity contribution is 5.32. The van der Waals surface area contributed by atoms with E-state index in [2.05, 4.69) is 25.2 Å². The second-order valence-electron chi connectivity index (χ2n) is 4.77. The Morgan fingerprint density at radius 3 is 2.76 bits per heavy atom. The molecule has 2 atom stereocenters. The molecule has 1 aromatic carbocycles. The molecule has 0 bridgehead atoms. The molecule has 1 aliphatic heterocycles. The molecule has 17 heavy (non-hydrogen) atoms. The van der Waals surface area contributed by atoms with Gasteiger partial charge in [-0.2, -0.15) is 5.26 Å². The van der Waals surface area contributed by atoms with E-state index in [9.17, 15) is 0 Å². The zero-order valence-corrected chi connectivity index (χ0v) is 10.4. The summed E-state index contributed by atoms with van der Waals surface area (Å²) in [6.45, 7) is 6.01. The Bertz CT molecular complexity index is 421. The molecule has 2 rings (SSSR count). The minimum atomic E-state index is -0.0865. The van der Waals surface area contributed by atoms with Gasteiger partial charge in [-0.1, -0.05) is 19.1 Å². The van der Waals surface area contributed by atoms with Gasteiger partial charge >= 0.3 is 0 Å². The Labute approximate surface area is 102 Å². The summed E-state index contributed by atoms with van der Waals surface area (Å²) < 4.78 is 6.14. The van der Waals surface area contributed by atoms with Gasteiger partial charge in [0.05, 0.1) is 23.3 Å². The van der Waals surface area contributed by atoms with Gasteiger partial charge in [-0.15, -0.1) is 0 Å². The maximum absolute atomic E-state index is 8.77. The van der Waals surface area contributed by atoms with Crippen molar-refractivity contribution in [1.29, 1.82) is 5.26 Å². The summed E-state index contributed by atoms with van der Waals surface area (Å²) in [7, 11) is 0. The second-order valence-corrected chi connectivity index (χ2v) is 4.77. The largest absolute Gasteiger partial charge is 0.365 e. The van der Waals surface area contributed by atoms with Crippen LogP contribution in [-0.2, 0) is 4.74 Å². The topological polar surface area (TPSA) is 45.0 Å².